The summed E-state index contributed by atoms with van der Waals surface area (Å²) in [5.74, 6) is -1.01. The van der Waals surface area contributed by atoms with Gasteiger partial charge in [0.2, 0.25) is 0 Å². The summed E-state index contributed by atoms with van der Waals surface area (Å²) in [6, 6.07) is 0. The van der Waals surface area contributed by atoms with Gasteiger partial charge in [-0.1, -0.05) is 41.5 Å². The Kier molecular flexibility index (Phi) is 6.31. The van der Waals surface area contributed by atoms with Crippen molar-refractivity contribution in [2.24, 2.45) is 10.8 Å². The van der Waals surface area contributed by atoms with Gasteiger partial charge in [0.15, 0.2) is 5.60 Å². The normalized spacial score (nSPS) is 12.8. The number of hydrogen-bond donors (Lipinski definition) is 0. The van der Waals surface area contributed by atoms with E-state index in [1.54, 1.807) is 20.8 Å². The van der Waals surface area contributed by atoms with Crippen LogP contribution in [0.3, 0.4) is 0 Å². The van der Waals surface area contributed by atoms with E-state index in [1.165, 1.54) is 0 Å². The van der Waals surface area contributed by atoms with Crippen molar-refractivity contribution in [1.29, 1.82) is 0 Å². The summed E-state index contributed by atoms with van der Waals surface area (Å²) in [5.41, 5.74) is -0.663. The van der Waals surface area contributed by atoms with Gasteiger partial charge in [0.05, 0.1) is 0 Å². The second-order valence-electron chi connectivity index (χ2n) is 7.16. The average Bonchev–Trinajstić information content (AvgIpc) is 1.75. The first-order chi connectivity index (χ1) is 6.65. The van der Waals surface area contributed by atoms with Crippen molar-refractivity contribution >= 4 is 5.97 Å². The molecule has 0 spiro atoms. The summed E-state index contributed by atoms with van der Waals surface area (Å²) in [6.07, 6.45) is 0.958. The minimum absolute atomic E-state index is 0.266. The van der Waals surface area contributed by atoms with Crippen molar-refractivity contribution in [3.05, 3.63) is 0 Å². The molecule has 0 atom stereocenters. The van der Waals surface area contributed by atoms with Crippen molar-refractivity contribution in [2.75, 3.05) is 0 Å². The molecule has 0 amide bonds. The molecule has 0 bridgehead atoms. The first-order valence-electron chi connectivity index (χ1n) is 5.62. The predicted molar refractivity (Wildman–Crippen MR) is 66.2 cm³/mol. The molecule has 0 unspecified atom stereocenters. The zero-order chi connectivity index (χ0) is 13.8. The van der Waals surface area contributed by atoms with Gasteiger partial charge in [-0.15, -0.1) is 0 Å². The largest absolute Gasteiger partial charge is 0.550 e. The highest BCUT2D eigenvalue weighted by Gasteiger charge is 2.26. The van der Waals surface area contributed by atoms with Crippen LogP contribution in [0.1, 0.15) is 61.8 Å². The Balaban J connectivity index is 0. The van der Waals surface area contributed by atoms with Crippen molar-refractivity contribution in [2.45, 2.75) is 67.4 Å². The summed E-state index contributed by atoms with van der Waals surface area (Å²) >= 11 is 0. The van der Waals surface area contributed by atoms with Crippen LogP contribution in [0.4, 0.5) is 0 Å². The summed E-state index contributed by atoms with van der Waals surface area (Å²) in [4.78, 5) is 9.91. The zero-order valence-electron chi connectivity index (χ0n) is 12.0. The summed E-state index contributed by atoms with van der Waals surface area (Å²) in [5, 5.41) is 17.5. The van der Waals surface area contributed by atoms with E-state index in [0.717, 1.165) is 6.42 Å². The number of carbonyl (C=O) groups excluding carboxylic acids is 1. The van der Waals surface area contributed by atoms with Gasteiger partial charge in [0, 0.05) is 31.7 Å². The van der Waals surface area contributed by atoms with Gasteiger partial charge in [-0.25, -0.2) is 0 Å². The van der Waals surface area contributed by atoms with Crippen molar-refractivity contribution in [3.8, 4) is 0 Å². The fourth-order valence-electron chi connectivity index (χ4n) is 1.33. The molecule has 0 radical (unpaired) electrons. The van der Waals surface area contributed by atoms with Crippen LogP contribution in [-0.4, -0.2) is 16.7 Å². The van der Waals surface area contributed by atoms with Gasteiger partial charge in [0.1, 0.15) is 0 Å². The Morgan fingerprint density at radius 3 is 1.25 bits per heavy atom. The molecular weight excluding hydrogens is 204 g/mol. The number of carboxylic acids is 1. The lowest BCUT2D eigenvalue weighted by Crippen LogP contribution is -2.35. The first-order valence-corrected chi connectivity index (χ1v) is 5.62. The molecule has 0 saturated carbocycles. The van der Waals surface area contributed by atoms with Crippen LogP contribution in [0.2, 0.25) is 0 Å². The molecule has 16 heavy (non-hydrogen) atoms. The van der Waals surface area contributed by atoms with Gasteiger partial charge >= 0.3 is 0 Å². The maximum Gasteiger partial charge on any atom is 0.158 e. The number of rotatable bonds is 1. The fraction of sp³-hybridized carbons (Fsp3) is 0.923. The molecule has 0 aromatic heterocycles. The highest BCUT2D eigenvalue weighted by molar-refractivity contribution is 5.70. The Morgan fingerprint density at radius 1 is 1.00 bits per heavy atom. The van der Waals surface area contributed by atoms with Crippen molar-refractivity contribution < 1.29 is 15.0 Å². The maximum absolute atomic E-state index is 9.91. The molecule has 0 aliphatic carbocycles. The minimum atomic E-state index is -1.01. The third-order valence-electron chi connectivity index (χ3n) is 1.58. The van der Waals surface area contributed by atoms with E-state index >= 15 is 0 Å². The Labute approximate surface area is 99.9 Å². The molecule has 0 aromatic carbocycles. The van der Waals surface area contributed by atoms with Gasteiger partial charge in [-0.3, -0.25) is 0 Å². The zero-order valence-corrected chi connectivity index (χ0v) is 12.0. The van der Waals surface area contributed by atoms with Crippen LogP contribution >= 0.6 is 0 Å². The molecule has 98 valence electrons. The summed E-state index contributed by atoms with van der Waals surface area (Å²) in [7, 11) is 0. The molecule has 0 aromatic rings. The van der Waals surface area contributed by atoms with E-state index in [9.17, 15) is 9.90 Å². The second-order valence-corrected chi connectivity index (χ2v) is 7.16. The quantitative estimate of drug-likeness (QED) is 0.646. The van der Waals surface area contributed by atoms with Gasteiger partial charge in [-0.05, 0) is 5.41 Å². The molecule has 0 rings (SSSR count). The van der Waals surface area contributed by atoms with Crippen molar-refractivity contribution in [3.63, 3.8) is 0 Å². The third kappa shape index (κ3) is 15.9. The maximum atomic E-state index is 9.91. The molecule has 3 nitrogen and oxygen atoms in total. The van der Waals surface area contributed by atoms with E-state index in [0.29, 0.717) is 5.41 Å². The topological polar surface area (TPSA) is 63.0 Å². The number of aliphatic carboxylic acids is 1. The summed E-state index contributed by atoms with van der Waals surface area (Å²) < 4.78 is 0. The third-order valence-corrected chi connectivity index (χ3v) is 1.58. The van der Waals surface area contributed by atoms with E-state index in [4.69, 9.17) is 5.11 Å². The molecule has 0 aliphatic rings. The lowest BCUT2D eigenvalue weighted by molar-refractivity contribution is -0.316. The van der Waals surface area contributed by atoms with E-state index in [1.807, 2.05) is 13.8 Å². The van der Waals surface area contributed by atoms with E-state index < -0.39 is 11.4 Å². The minimum Gasteiger partial charge on any atom is -0.550 e. The smallest absolute Gasteiger partial charge is 0.158 e. The standard InChI is InChI=1S/C8H18O.C5H10O2/c1-7(2,3)6-8(4,5)9;1-5(2,3)4(6)7/h9H,6H2,1-5H3;1-3H3,(H,6,7). The Bertz CT molecular complexity index is 199. The Morgan fingerprint density at radius 2 is 1.25 bits per heavy atom. The van der Waals surface area contributed by atoms with Crippen LogP contribution in [-0.2, 0) is 4.79 Å². The molecule has 2 N–H and O–H groups in total. The average molecular weight is 232 g/mol. The second kappa shape index (κ2) is 5.67. The molecule has 0 saturated heterocycles. The van der Waals surface area contributed by atoms with Crippen LogP contribution in [0, 0.1) is 10.8 Å². The van der Waals surface area contributed by atoms with Gasteiger partial charge in [-0.2, -0.15) is 0 Å². The van der Waals surface area contributed by atoms with Crippen LogP contribution in [0.25, 0.3) is 0 Å². The molecule has 3 heteroatoms. The lowest BCUT2D eigenvalue weighted by atomic mass is 9.84. The number of carbonyl (C=O) groups is 1. The highest BCUT2D eigenvalue weighted by Crippen LogP contribution is 2.26. The lowest BCUT2D eigenvalue weighted by Gasteiger charge is -2.23. The van der Waals surface area contributed by atoms with Gasteiger partial charge < -0.3 is 15.0 Å². The van der Waals surface area contributed by atoms with Crippen LogP contribution in [0.15, 0.2) is 0 Å². The van der Waals surface area contributed by atoms with E-state index in [2.05, 4.69) is 20.8 Å². The van der Waals surface area contributed by atoms with Crippen molar-refractivity contribution in [1.82, 2.24) is 0 Å². The molecule has 0 fully saturated rings. The van der Waals surface area contributed by atoms with Crippen LogP contribution < -0.4 is 5.11 Å². The van der Waals surface area contributed by atoms with Gasteiger partial charge in [0.25, 0.3) is 0 Å². The number of carboxylic acid groups (broad SMARTS) is 1. The predicted octanol–water partition coefficient (Wildman–Crippen LogP) is 1.71. The highest BCUT2D eigenvalue weighted by atomic mass is 16.4. The molecule has 0 heterocycles. The fourth-order valence-corrected chi connectivity index (χ4v) is 1.33. The van der Waals surface area contributed by atoms with Crippen LogP contribution in [0.5, 0.6) is 0 Å². The summed E-state index contributed by atoms with van der Waals surface area (Å²) in [6.45, 7) is 15.2. The molecular formula is C13H28O3. The Hall–Kier alpha value is -0.570. The molecule has 0 aliphatic heterocycles. The SMILES string of the molecule is CC(C)(C)C(=O)[O-].CC(C)(C)CC(C)(C)[OH2+]. The monoisotopic (exact) mass is 232 g/mol. The van der Waals surface area contributed by atoms with E-state index in [-0.39, 0.29) is 5.60 Å². The first kappa shape index (κ1) is 17.8. The number of hydrogen-bond acceptors (Lipinski definition) is 2.